The van der Waals surface area contributed by atoms with E-state index in [9.17, 15) is 4.79 Å². The average molecular weight is 456 g/mol. The van der Waals surface area contributed by atoms with E-state index in [-0.39, 0.29) is 11.9 Å². The van der Waals surface area contributed by atoms with E-state index in [0.717, 1.165) is 24.3 Å². The fraction of sp³-hybridized carbons (Fsp3) is 0.724. The first-order valence-electron chi connectivity index (χ1n) is 13.9. The van der Waals surface area contributed by atoms with Gasteiger partial charge >= 0.3 is 0 Å². The molecule has 0 aliphatic carbocycles. The molecule has 1 heterocycles. The zero-order chi connectivity index (χ0) is 23.7. The number of hydrogen-bond donors (Lipinski definition) is 1. The largest absolute Gasteiger partial charge is 0.346 e. The zero-order valence-corrected chi connectivity index (χ0v) is 21.7. The van der Waals surface area contributed by atoms with Gasteiger partial charge in [0.25, 0.3) is 0 Å². The monoisotopic (exact) mass is 455 g/mol. The van der Waals surface area contributed by atoms with Crippen molar-refractivity contribution < 1.29 is 4.79 Å². The van der Waals surface area contributed by atoms with Gasteiger partial charge in [0.2, 0.25) is 5.91 Å². The maximum Gasteiger partial charge on any atom is 0.220 e. The van der Waals surface area contributed by atoms with Gasteiger partial charge in [-0.15, -0.1) is 0 Å². The number of nitrogens with one attached hydrogen (secondary N) is 1. The van der Waals surface area contributed by atoms with Crippen LogP contribution in [0.1, 0.15) is 135 Å². The number of nitrogens with zero attached hydrogens (tertiary/aromatic N) is 2. The predicted molar refractivity (Wildman–Crippen MR) is 142 cm³/mol. The number of carbonyl (C=O) groups is 1. The average Bonchev–Trinajstić information content (AvgIpc) is 3.18. The number of benzene rings is 1. The minimum absolute atomic E-state index is 0.0666. The first-order valence-corrected chi connectivity index (χ1v) is 13.9. The molecule has 2 aromatic rings. The van der Waals surface area contributed by atoms with E-state index < -0.39 is 0 Å². The van der Waals surface area contributed by atoms with E-state index >= 15 is 0 Å². The Morgan fingerprint density at radius 3 is 1.94 bits per heavy atom. The molecule has 1 unspecified atom stereocenters. The molecule has 2 rings (SSSR count). The first kappa shape index (κ1) is 27.4. The molecule has 0 bridgehead atoms. The molecule has 0 radical (unpaired) electrons. The lowest BCUT2D eigenvalue weighted by Gasteiger charge is -2.16. The molecule has 0 saturated carbocycles. The number of aromatic nitrogens is 2. The first-order chi connectivity index (χ1) is 16.2. The lowest BCUT2D eigenvalue weighted by Crippen LogP contribution is -2.28. The summed E-state index contributed by atoms with van der Waals surface area (Å²) in [6.45, 7) is 7.35. The van der Waals surface area contributed by atoms with Gasteiger partial charge in [0.15, 0.2) is 0 Å². The van der Waals surface area contributed by atoms with E-state index in [4.69, 9.17) is 4.98 Å². The molecule has 33 heavy (non-hydrogen) atoms. The van der Waals surface area contributed by atoms with E-state index in [0.29, 0.717) is 6.42 Å². The van der Waals surface area contributed by atoms with E-state index in [2.05, 4.69) is 41.9 Å². The van der Waals surface area contributed by atoms with Gasteiger partial charge in [0.1, 0.15) is 5.82 Å². The summed E-state index contributed by atoms with van der Waals surface area (Å²) in [4.78, 5) is 17.0. The second kappa shape index (κ2) is 16.7. The summed E-state index contributed by atoms with van der Waals surface area (Å²) >= 11 is 0. The molecule has 0 fully saturated rings. The summed E-state index contributed by atoms with van der Waals surface area (Å²) in [5, 5.41) is 3.13. The number of para-hydroxylation sites is 2. The fourth-order valence-electron chi connectivity index (χ4n) is 4.73. The predicted octanol–water partition coefficient (Wildman–Crippen LogP) is 8.49. The molecule has 0 saturated heterocycles. The Morgan fingerprint density at radius 2 is 1.36 bits per heavy atom. The van der Waals surface area contributed by atoms with Crippen LogP contribution in [-0.4, -0.2) is 15.5 Å². The molecule has 1 amide bonds. The van der Waals surface area contributed by atoms with Crippen molar-refractivity contribution in [1.29, 1.82) is 0 Å². The fourth-order valence-corrected chi connectivity index (χ4v) is 4.73. The van der Waals surface area contributed by atoms with Crippen LogP contribution in [0.4, 0.5) is 0 Å². The smallest absolute Gasteiger partial charge is 0.220 e. The molecule has 0 aliphatic heterocycles. The number of carbonyl (C=O) groups excluding carboxylic acids is 1. The number of amides is 1. The molecule has 1 aromatic carbocycles. The third-order valence-corrected chi connectivity index (χ3v) is 6.66. The molecular weight excluding hydrogens is 406 g/mol. The van der Waals surface area contributed by atoms with E-state index in [1.165, 1.54) is 95.4 Å². The summed E-state index contributed by atoms with van der Waals surface area (Å²) in [7, 11) is 0. The zero-order valence-electron chi connectivity index (χ0n) is 21.7. The third kappa shape index (κ3) is 10.3. The molecule has 186 valence electrons. The highest BCUT2D eigenvalue weighted by molar-refractivity contribution is 5.78. The minimum Gasteiger partial charge on any atom is -0.346 e. The van der Waals surface area contributed by atoms with Crippen molar-refractivity contribution in [3.8, 4) is 0 Å². The van der Waals surface area contributed by atoms with Gasteiger partial charge in [-0.1, -0.05) is 109 Å². The third-order valence-electron chi connectivity index (χ3n) is 6.66. The van der Waals surface area contributed by atoms with Gasteiger partial charge in [0.05, 0.1) is 17.1 Å². The Morgan fingerprint density at radius 1 is 0.818 bits per heavy atom. The Hall–Kier alpha value is -1.84. The van der Waals surface area contributed by atoms with Crippen LogP contribution in [0.3, 0.4) is 0 Å². The van der Waals surface area contributed by atoms with Gasteiger partial charge in [-0.3, -0.25) is 4.79 Å². The highest BCUT2D eigenvalue weighted by Crippen LogP contribution is 2.22. The number of aryl methyl sites for hydroxylation is 1. The van der Waals surface area contributed by atoms with Gasteiger partial charge in [-0.25, -0.2) is 4.98 Å². The van der Waals surface area contributed by atoms with Crippen molar-refractivity contribution >= 4 is 16.9 Å². The summed E-state index contributed by atoms with van der Waals surface area (Å²) in [6.07, 6.45) is 20.7. The van der Waals surface area contributed by atoms with Crippen molar-refractivity contribution in [3.63, 3.8) is 0 Å². The maximum atomic E-state index is 12.1. The van der Waals surface area contributed by atoms with Crippen LogP contribution in [0.15, 0.2) is 24.3 Å². The highest BCUT2D eigenvalue weighted by Gasteiger charge is 2.17. The van der Waals surface area contributed by atoms with Crippen LogP contribution < -0.4 is 5.32 Å². The maximum absolute atomic E-state index is 12.1. The Bertz CT molecular complexity index is 782. The lowest BCUT2D eigenvalue weighted by atomic mass is 10.0. The van der Waals surface area contributed by atoms with E-state index in [1.807, 2.05) is 13.0 Å². The topological polar surface area (TPSA) is 46.9 Å². The molecular formula is C29H49N3O. The van der Waals surface area contributed by atoms with Crippen molar-refractivity contribution in [3.05, 3.63) is 30.1 Å². The summed E-state index contributed by atoms with van der Waals surface area (Å²) < 4.78 is 2.33. The van der Waals surface area contributed by atoms with Crippen LogP contribution in [-0.2, 0) is 11.3 Å². The second-order valence-corrected chi connectivity index (χ2v) is 9.75. The molecule has 1 N–H and O–H groups in total. The molecule has 4 nitrogen and oxygen atoms in total. The SMILES string of the molecule is CCCCCCCCCCCCCCCCn1c(C(C)NC(=O)CCC)nc2ccccc21. The van der Waals surface area contributed by atoms with Crippen LogP contribution in [0.2, 0.25) is 0 Å². The van der Waals surface area contributed by atoms with Crippen molar-refractivity contribution in [2.24, 2.45) is 0 Å². The van der Waals surface area contributed by atoms with Gasteiger partial charge in [-0.2, -0.15) is 0 Å². The highest BCUT2D eigenvalue weighted by atomic mass is 16.1. The Labute approximate surface area is 202 Å². The lowest BCUT2D eigenvalue weighted by molar-refractivity contribution is -0.121. The van der Waals surface area contributed by atoms with Crippen LogP contribution in [0.25, 0.3) is 11.0 Å². The van der Waals surface area contributed by atoms with Crippen molar-refractivity contribution in [1.82, 2.24) is 14.9 Å². The number of rotatable bonds is 19. The Balaban J connectivity index is 1.66. The number of hydrogen-bond acceptors (Lipinski definition) is 2. The van der Waals surface area contributed by atoms with Crippen molar-refractivity contribution in [2.45, 2.75) is 136 Å². The molecule has 1 aromatic heterocycles. The van der Waals surface area contributed by atoms with Crippen LogP contribution >= 0.6 is 0 Å². The number of imidazole rings is 1. The Kier molecular flexibility index (Phi) is 13.9. The van der Waals surface area contributed by atoms with Gasteiger partial charge in [-0.05, 0) is 31.9 Å². The molecule has 1 atom stereocenters. The summed E-state index contributed by atoms with van der Waals surface area (Å²) in [5.41, 5.74) is 2.20. The molecule has 0 spiro atoms. The number of unbranched alkanes of at least 4 members (excludes halogenated alkanes) is 13. The van der Waals surface area contributed by atoms with Gasteiger partial charge < -0.3 is 9.88 Å². The second-order valence-electron chi connectivity index (χ2n) is 9.75. The molecule has 0 aliphatic rings. The minimum atomic E-state index is -0.0666. The normalized spacial score (nSPS) is 12.3. The van der Waals surface area contributed by atoms with Crippen LogP contribution in [0.5, 0.6) is 0 Å². The van der Waals surface area contributed by atoms with Crippen molar-refractivity contribution in [2.75, 3.05) is 0 Å². The quantitative estimate of drug-likeness (QED) is 0.216. The molecule has 4 heteroatoms. The standard InChI is InChI=1S/C29H49N3O/c1-4-6-7-8-9-10-11-12-13-14-15-16-17-20-24-32-27-23-19-18-22-26(27)31-29(32)25(3)30-28(33)21-5-2/h18-19,22-23,25H,4-17,20-21,24H2,1-3H3,(H,30,33). The van der Waals surface area contributed by atoms with Gasteiger partial charge in [0, 0.05) is 13.0 Å². The summed E-state index contributed by atoms with van der Waals surface area (Å²) in [6, 6.07) is 8.27. The summed E-state index contributed by atoms with van der Waals surface area (Å²) in [5.74, 6) is 1.09. The number of fused-ring (bicyclic) bond motifs is 1. The van der Waals surface area contributed by atoms with E-state index in [1.54, 1.807) is 0 Å². The van der Waals surface area contributed by atoms with Crippen LogP contribution in [0, 0.1) is 0 Å².